The van der Waals surface area contributed by atoms with Gasteiger partial charge in [0.15, 0.2) is 5.65 Å². The summed E-state index contributed by atoms with van der Waals surface area (Å²) in [6.45, 7) is 1.97. The van der Waals surface area contributed by atoms with Gasteiger partial charge in [0.2, 0.25) is 0 Å². The van der Waals surface area contributed by atoms with Crippen molar-refractivity contribution in [1.82, 2.24) is 29.9 Å². The van der Waals surface area contributed by atoms with Gasteiger partial charge in [-0.15, -0.1) is 0 Å². The average Bonchev–Trinajstić information content (AvgIpc) is 3.03. The van der Waals surface area contributed by atoms with E-state index in [9.17, 15) is 0 Å². The molecule has 1 fully saturated rings. The monoisotopic (exact) mass is 373 g/mol. The molecule has 4 heterocycles. The van der Waals surface area contributed by atoms with Crippen molar-refractivity contribution in [2.45, 2.75) is 18.8 Å². The first-order chi connectivity index (χ1) is 11.3. The summed E-state index contributed by atoms with van der Waals surface area (Å²) in [5.41, 5.74) is 9.54. The molecule has 0 radical (unpaired) electrons. The van der Waals surface area contributed by atoms with E-state index >= 15 is 0 Å². The molecule has 0 saturated carbocycles. The Balaban J connectivity index is 1.90. The van der Waals surface area contributed by atoms with Gasteiger partial charge < -0.3 is 11.1 Å². The Hall–Kier alpha value is -2.06. The Kier molecular flexibility index (Phi) is 3.70. The van der Waals surface area contributed by atoms with Crippen LogP contribution in [0.4, 0.5) is 5.82 Å². The molecular formula is C15H16BrN7. The first-order valence-corrected chi connectivity index (χ1v) is 8.34. The second-order valence-electron chi connectivity index (χ2n) is 5.62. The molecule has 1 saturated heterocycles. The van der Waals surface area contributed by atoms with Gasteiger partial charge in [-0.05, 0) is 35.3 Å². The third kappa shape index (κ3) is 2.47. The van der Waals surface area contributed by atoms with E-state index in [1.165, 1.54) is 0 Å². The number of nitrogens with zero attached hydrogens (tertiary/aromatic N) is 5. The van der Waals surface area contributed by atoms with Crippen LogP contribution in [0.2, 0.25) is 0 Å². The van der Waals surface area contributed by atoms with Crippen molar-refractivity contribution in [3.8, 4) is 11.3 Å². The van der Waals surface area contributed by atoms with Gasteiger partial charge in [0.25, 0.3) is 0 Å². The van der Waals surface area contributed by atoms with Gasteiger partial charge in [0.1, 0.15) is 5.82 Å². The van der Waals surface area contributed by atoms with Crippen molar-refractivity contribution in [3.63, 3.8) is 0 Å². The SMILES string of the molecule is Nc1c(Br)c(C2CCCNC2)nc2c(-c3cnccn3)cnn12. The fraction of sp³-hybridized carbons (Fsp3) is 0.333. The first-order valence-electron chi connectivity index (χ1n) is 7.55. The molecule has 23 heavy (non-hydrogen) atoms. The Morgan fingerprint density at radius 2 is 2.22 bits per heavy atom. The number of halogens is 1. The van der Waals surface area contributed by atoms with Gasteiger partial charge in [-0.3, -0.25) is 9.97 Å². The number of nitrogens with two attached hydrogens (primary N) is 1. The Morgan fingerprint density at radius 1 is 1.30 bits per heavy atom. The van der Waals surface area contributed by atoms with Gasteiger partial charge in [-0.1, -0.05) is 0 Å². The Morgan fingerprint density at radius 3 is 2.96 bits per heavy atom. The van der Waals surface area contributed by atoms with E-state index in [0.717, 1.165) is 47.4 Å². The van der Waals surface area contributed by atoms with Crippen molar-refractivity contribution in [3.05, 3.63) is 35.0 Å². The number of hydrogen-bond acceptors (Lipinski definition) is 6. The summed E-state index contributed by atoms with van der Waals surface area (Å²) in [4.78, 5) is 13.3. The summed E-state index contributed by atoms with van der Waals surface area (Å²) < 4.78 is 2.47. The van der Waals surface area contributed by atoms with Gasteiger partial charge in [0.05, 0.1) is 33.8 Å². The summed E-state index contributed by atoms with van der Waals surface area (Å²) in [6, 6.07) is 0. The molecule has 0 amide bonds. The standard InChI is InChI=1S/C15H16BrN7/c16-12-13(9-2-1-3-18-6-9)22-15-10(7-21-23(15)14(12)17)11-8-19-4-5-20-11/h4-5,7-9,18H,1-3,6,17H2. The first kappa shape index (κ1) is 14.5. The number of piperidine rings is 1. The van der Waals surface area contributed by atoms with Crippen LogP contribution in [0.1, 0.15) is 24.5 Å². The van der Waals surface area contributed by atoms with Crippen LogP contribution in [0.3, 0.4) is 0 Å². The van der Waals surface area contributed by atoms with E-state index in [4.69, 9.17) is 10.7 Å². The molecule has 8 heteroatoms. The molecule has 3 aromatic rings. The van der Waals surface area contributed by atoms with Gasteiger partial charge in [-0.25, -0.2) is 4.98 Å². The maximum absolute atomic E-state index is 6.27. The highest BCUT2D eigenvalue weighted by molar-refractivity contribution is 9.10. The number of aromatic nitrogens is 5. The molecule has 1 unspecified atom stereocenters. The lowest BCUT2D eigenvalue weighted by Crippen LogP contribution is -2.29. The van der Waals surface area contributed by atoms with E-state index in [1.807, 2.05) is 0 Å². The largest absolute Gasteiger partial charge is 0.383 e. The average molecular weight is 374 g/mol. The molecule has 4 rings (SSSR count). The van der Waals surface area contributed by atoms with Crippen LogP contribution in [0, 0.1) is 0 Å². The molecule has 0 aliphatic carbocycles. The number of fused-ring (bicyclic) bond motifs is 1. The summed E-state index contributed by atoms with van der Waals surface area (Å²) in [7, 11) is 0. The van der Waals surface area contributed by atoms with E-state index < -0.39 is 0 Å². The minimum Gasteiger partial charge on any atom is -0.383 e. The van der Waals surface area contributed by atoms with Crippen LogP contribution in [0.15, 0.2) is 29.3 Å². The Bertz CT molecular complexity index is 840. The molecule has 0 bridgehead atoms. The third-order valence-corrected chi connectivity index (χ3v) is 4.98. The molecular weight excluding hydrogens is 358 g/mol. The lowest BCUT2D eigenvalue weighted by atomic mass is 9.96. The zero-order chi connectivity index (χ0) is 15.8. The second kappa shape index (κ2) is 5.86. The maximum Gasteiger partial charge on any atom is 0.167 e. The van der Waals surface area contributed by atoms with Gasteiger partial charge in [0, 0.05) is 24.9 Å². The quantitative estimate of drug-likeness (QED) is 0.713. The molecule has 0 spiro atoms. The zero-order valence-corrected chi connectivity index (χ0v) is 14.0. The molecule has 0 aromatic carbocycles. The second-order valence-corrected chi connectivity index (χ2v) is 6.42. The predicted molar refractivity (Wildman–Crippen MR) is 91.0 cm³/mol. The van der Waals surface area contributed by atoms with Crippen LogP contribution in [0.25, 0.3) is 16.9 Å². The summed E-state index contributed by atoms with van der Waals surface area (Å²) in [5, 5.41) is 7.78. The number of nitrogens with one attached hydrogen (secondary N) is 1. The topological polar surface area (TPSA) is 94.0 Å². The minimum atomic E-state index is 0.343. The zero-order valence-electron chi connectivity index (χ0n) is 12.4. The third-order valence-electron chi connectivity index (χ3n) is 4.17. The summed E-state index contributed by atoms with van der Waals surface area (Å²) >= 11 is 3.60. The van der Waals surface area contributed by atoms with Crippen molar-refractivity contribution in [2.75, 3.05) is 18.8 Å². The highest BCUT2D eigenvalue weighted by Gasteiger charge is 2.23. The predicted octanol–water partition coefficient (Wildman–Crippen LogP) is 2.00. The Labute approximate surface area is 141 Å². The molecule has 7 nitrogen and oxygen atoms in total. The van der Waals surface area contributed by atoms with E-state index in [2.05, 4.69) is 36.3 Å². The molecule has 3 aromatic heterocycles. The normalized spacial score (nSPS) is 18.4. The summed E-state index contributed by atoms with van der Waals surface area (Å²) in [5.74, 6) is 0.903. The highest BCUT2D eigenvalue weighted by Crippen LogP contribution is 2.34. The maximum atomic E-state index is 6.27. The number of nitrogen functional groups attached to an aromatic ring is 1. The summed E-state index contributed by atoms with van der Waals surface area (Å²) in [6.07, 6.45) is 8.99. The van der Waals surface area contributed by atoms with Crippen molar-refractivity contribution >= 4 is 27.4 Å². The van der Waals surface area contributed by atoms with Crippen molar-refractivity contribution in [1.29, 1.82) is 0 Å². The molecule has 1 atom stereocenters. The van der Waals surface area contributed by atoms with Crippen LogP contribution in [-0.4, -0.2) is 37.7 Å². The van der Waals surface area contributed by atoms with Crippen molar-refractivity contribution in [2.24, 2.45) is 0 Å². The van der Waals surface area contributed by atoms with Crippen LogP contribution < -0.4 is 11.1 Å². The van der Waals surface area contributed by atoms with E-state index in [1.54, 1.807) is 29.3 Å². The van der Waals surface area contributed by atoms with Gasteiger partial charge >= 0.3 is 0 Å². The van der Waals surface area contributed by atoms with Crippen LogP contribution in [-0.2, 0) is 0 Å². The fourth-order valence-electron chi connectivity index (χ4n) is 2.99. The fourth-order valence-corrected chi connectivity index (χ4v) is 3.57. The van der Waals surface area contributed by atoms with E-state index in [-0.39, 0.29) is 0 Å². The highest BCUT2D eigenvalue weighted by atomic mass is 79.9. The molecule has 3 N–H and O–H groups in total. The molecule has 1 aliphatic heterocycles. The number of hydrogen-bond donors (Lipinski definition) is 2. The molecule has 118 valence electrons. The number of anilines is 1. The van der Waals surface area contributed by atoms with Gasteiger partial charge in [-0.2, -0.15) is 9.61 Å². The van der Waals surface area contributed by atoms with E-state index in [0.29, 0.717) is 17.4 Å². The number of rotatable bonds is 2. The van der Waals surface area contributed by atoms with Crippen LogP contribution >= 0.6 is 15.9 Å². The molecule has 1 aliphatic rings. The minimum absolute atomic E-state index is 0.343. The smallest absolute Gasteiger partial charge is 0.167 e. The lowest BCUT2D eigenvalue weighted by Gasteiger charge is -2.23. The van der Waals surface area contributed by atoms with Crippen LogP contribution in [0.5, 0.6) is 0 Å². The van der Waals surface area contributed by atoms with Crippen molar-refractivity contribution < 1.29 is 0 Å². The lowest BCUT2D eigenvalue weighted by molar-refractivity contribution is 0.453.